The van der Waals surface area contributed by atoms with Crippen LogP contribution < -0.4 is 9.47 Å². The maximum atomic E-state index is 11.9. The number of carbonyl (C=O) groups excluding carboxylic acids is 1. The number of hydrogen-bond acceptors (Lipinski definition) is 4. The van der Waals surface area contributed by atoms with E-state index in [-0.39, 0.29) is 25.8 Å². The first-order valence-electron chi connectivity index (χ1n) is 4.97. The molecule has 16 heavy (non-hydrogen) atoms. The number of β-amino-alcohol motifs (C(OH)–C–C–N with tert-alkyl or cyclic N) is 1. The van der Waals surface area contributed by atoms with Crippen molar-refractivity contribution in [2.24, 2.45) is 0 Å². The molecule has 0 aliphatic carbocycles. The van der Waals surface area contributed by atoms with E-state index >= 15 is 0 Å². The van der Waals surface area contributed by atoms with Crippen molar-refractivity contribution < 1.29 is 19.4 Å². The molecule has 86 valence electrons. The molecule has 1 N–H and O–H groups in total. The Bertz CT molecular complexity index is 405. The van der Waals surface area contributed by atoms with Crippen molar-refractivity contribution in [3.05, 3.63) is 23.8 Å². The third kappa shape index (κ3) is 1.81. The van der Waals surface area contributed by atoms with Crippen molar-refractivity contribution in [2.45, 2.75) is 0 Å². The van der Waals surface area contributed by atoms with Gasteiger partial charge in [0.25, 0.3) is 5.91 Å². The van der Waals surface area contributed by atoms with E-state index < -0.39 is 0 Å². The van der Waals surface area contributed by atoms with Crippen LogP contribution in [0.3, 0.4) is 0 Å². The molecule has 0 saturated heterocycles. The minimum Gasteiger partial charge on any atom is -0.497 e. The highest BCUT2D eigenvalue weighted by molar-refractivity contribution is 5.97. The first-order chi connectivity index (χ1) is 7.76. The van der Waals surface area contributed by atoms with Gasteiger partial charge in [0.05, 0.1) is 19.3 Å². The van der Waals surface area contributed by atoms with Crippen molar-refractivity contribution in [1.29, 1.82) is 0 Å². The first-order valence-corrected chi connectivity index (χ1v) is 4.97. The van der Waals surface area contributed by atoms with E-state index in [0.717, 1.165) is 0 Å². The van der Waals surface area contributed by atoms with Gasteiger partial charge in [0, 0.05) is 12.6 Å². The molecule has 5 heteroatoms. The average molecular weight is 223 g/mol. The van der Waals surface area contributed by atoms with Gasteiger partial charge in [0.1, 0.15) is 11.5 Å². The molecule has 0 spiro atoms. The fourth-order valence-electron chi connectivity index (χ4n) is 1.59. The zero-order chi connectivity index (χ0) is 11.5. The summed E-state index contributed by atoms with van der Waals surface area (Å²) >= 11 is 0. The Balaban J connectivity index is 2.28. The summed E-state index contributed by atoms with van der Waals surface area (Å²) in [5.74, 6) is 1.05. The molecule has 5 nitrogen and oxygen atoms in total. The van der Waals surface area contributed by atoms with Crippen LogP contribution in [0.2, 0.25) is 0 Å². The topological polar surface area (TPSA) is 59.0 Å². The fraction of sp³-hybridized carbons (Fsp3) is 0.364. The lowest BCUT2D eigenvalue weighted by Gasteiger charge is -2.28. The largest absolute Gasteiger partial charge is 0.497 e. The molecule has 1 aromatic rings. The Hall–Kier alpha value is -1.75. The fourth-order valence-corrected chi connectivity index (χ4v) is 1.59. The standard InChI is InChI=1S/C11H13NO4/c1-15-8-2-3-9-10(6-8)16-7-12(4-5-13)11(9)14/h2-3,6,13H,4-5,7H2,1H3. The smallest absolute Gasteiger partial charge is 0.260 e. The lowest BCUT2D eigenvalue weighted by atomic mass is 10.1. The predicted molar refractivity (Wildman–Crippen MR) is 56.6 cm³/mol. The van der Waals surface area contributed by atoms with Crippen molar-refractivity contribution in [2.75, 3.05) is 27.0 Å². The van der Waals surface area contributed by atoms with Gasteiger partial charge in [0.15, 0.2) is 6.73 Å². The lowest BCUT2D eigenvalue weighted by Crippen LogP contribution is -2.40. The van der Waals surface area contributed by atoms with Gasteiger partial charge in [-0.15, -0.1) is 0 Å². The van der Waals surface area contributed by atoms with Crippen LogP contribution in [0.4, 0.5) is 0 Å². The molecule has 1 aromatic carbocycles. The zero-order valence-corrected chi connectivity index (χ0v) is 8.97. The zero-order valence-electron chi connectivity index (χ0n) is 8.97. The van der Waals surface area contributed by atoms with Crippen LogP contribution >= 0.6 is 0 Å². The number of ether oxygens (including phenoxy) is 2. The summed E-state index contributed by atoms with van der Waals surface area (Å²) in [6.07, 6.45) is 0. The van der Waals surface area contributed by atoms with Crippen molar-refractivity contribution in [3.63, 3.8) is 0 Å². The molecule has 1 aliphatic heterocycles. The van der Waals surface area contributed by atoms with Crippen LogP contribution in [-0.2, 0) is 0 Å². The second kappa shape index (κ2) is 4.40. The van der Waals surface area contributed by atoms with Crippen LogP contribution in [-0.4, -0.2) is 42.9 Å². The van der Waals surface area contributed by atoms with Crippen LogP contribution in [0, 0.1) is 0 Å². The van der Waals surface area contributed by atoms with Crippen LogP contribution in [0.1, 0.15) is 10.4 Å². The number of fused-ring (bicyclic) bond motifs is 1. The average Bonchev–Trinajstić information content (AvgIpc) is 2.32. The number of aliphatic hydroxyl groups is 1. The molecule has 1 aliphatic rings. The van der Waals surface area contributed by atoms with Gasteiger partial charge in [0.2, 0.25) is 0 Å². The van der Waals surface area contributed by atoms with E-state index in [2.05, 4.69) is 0 Å². The Kier molecular flexibility index (Phi) is 2.96. The number of methoxy groups -OCH3 is 1. The third-order valence-electron chi connectivity index (χ3n) is 2.45. The SMILES string of the molecule is COc1ccc2c(c1)OCN(CCO)C2=O. The maximum Gasteiger partial charge on any atom is 0.260 e. The maximum absolute atomic E-state index is 11.9. The number of carbonyl (C=O) groups is 1. The molecule has 0 aromatic heterocycles. The molecule has 0 fully saturated rings. The Morgan fingerprint density at radius 1 is 1.56 bits per heavy atom. The number of nitrogens with zero attached hydrogens (tertiary/aromatic N) is 1. The summed E-state index contributed by atoms with van der Waals surface area (Å²) < 4.78 is 10.5. The summed E-state index contributed by atoms with van der Waals surface area (Å²) in [6.45, 7) is 0.379. The van der Waals surface area contributed by atoms with Crippen molar-refractivity contribution >= 4 is 5.91 Å². The van der Waals surface area contributed by atoms with E-state index in [4.69, 9.17) is 14.6 Å². The molecule has 0 radical (unpaired) electrons. The van der Waals surface area contributed by atoms with Gasteiger partial charge in [-0.05, 0) is 12.1 Å². The summed E-state index contributed by atoms with van der Waals surface area (Å²) in [7, 11) is 1.56. The van der Waals surface area contributed by atoms with E-state index in [1.807, 2.05) is 0 Å². The van der Waals surface area contributed by atoms with E-state index in [1.165, 1.54) is 4.90 Å². The van der Waals surface area contributed by atoms with Crippen LogP contribution in [0.15, 0.2) is 18.2 Å². The Labute approximate surface area is 93.2 Å². The highest BCUT2D eigenvalue weighted by Crippen LogP contribution is 2.28. The van der Waals surface area contributed by atoms with Crippen molar-refractivity contribution in [1.82, 2.24) is 4.90 Å². The summed E-state index contributed by atoms with van der Waals surface area (Å²) in [6, 6.07) is 5.06. The minimum absolute atomic E-state index is 0.0689. The molecule has 0 atom stereocenters. The van der Waals surface area contributed by atoms with E-state index in [1.54, 1.807) is 25.3 Å². The molecule has 0 unspecified atom stereocenters. The summed E-state index contributed by atoms with van der Waals surface area (Å²) in [5.41, 5.74) is 0.500. The third-order valence-corrected chi connectivity index (χ3v) is 2.45. The van der Waals surface area contributed by atoms with Gasteiger partial charge in [-0.1, -0.05) is 0 Å². The minimum atomic E-state index is -0.127. The highest BCUT2D eigenvalue weighted by Gasteiger charge is 2.25. The van der Waals surface area contributed by atoms with Gasteiger partial charge in [-0.3, -0.25) is 4.79 Å². The number of rotatable bonds is 3. The number of amides is 1. The number of aliphatic hydroxyl groups excluding tert-OH is 1. The summed E-state index contributed by atoms with van der Waals surface area (Å²) in [4.78, 5) is 13.4. The molecular formula is C11H13NO4. The Morgan fingerprint density at radius 2 is 2.38 bits per heavy atom. The van der Waals surface area contributed by atoms with Crippen molar-refractivity contribution in [3.8, 4) is 11.5 Å². The second-order valence-electron chi connectivity index (χ2n) is 3.43. The van der Waals surface area contributed by atoms with E-state index in [9.17, 15) is 4.79 Å². The second-order valence-corrected chi connectivity index (χ2v) is 3.43. The molecule has 1 heterocycles. The quantitative estimate of drug-likeness (QED) is 0.809. The normalized spacial score (nSPS) is 14.4. The molecule has 0 saturated carbocycles. The predicted octanol–water partition coefficient (Wildman–Crippen LogP) is 0.480. The first kappa shape index (κ1) is 10.8. The highest BCUT2D eigenvalue weighted by atomic mass is 16.5. The monoisotopic (exact) mass is 223 g/mol. The van der Waals surface area contributed by atoms with Crippen LogP contribution in [0.25, 0.3) is 0 Å². The lowest BCUT2D eigenvalue weighted by molar-refractivity contribution is 0.0469. The van der Waals surface area contributed by atoms with Gasteiger partial charge >= 0.3 is 0 Å². The van der Waals surface area contributed by atoms with E-state index in [0.29, 0.717) is 17.1 Å². The number of hydrogen-bond donors (Lipinski definition) is 1. The molecule has 2 rings (SSSR count). The molecule has 1 amide bonds. The number of benzene rings is 1. The summed E-state index contributed by atoms with van der Waals surface area (Å²) in [5, 5.41) is 8.80. The molecular weight excluding hydrogens is 210 g/mol. The Morgan fingerprint density at radius 3 is 3.06 bits per heavy atom. The van der Waals surface area contributed by atoms with Gasteiger partial charge in [-0.25, -0.2) is 0 Å². The van der Waals surface area contributed by atoms with Gasteiger partial charge < -0.3 is 19.5 Å². The van der Waals surface area contributed by atoms with Crippen LogP contribution in [0.5, 0.6) is 11.5 Å². The molecule has 0 bridgehead atoms. The van der Waals surface area contributed by atoms with Gasteiger partial charge in [-0.2, -0.15) is 0 Å².